The average molecular weight is 346 g/mol. The molecule has 2 heterocycles. The number of hydrogen-bond acceptors (Lipinski definition) is 5. The van der Waals surface area contributed by atoms with Crippen LogP contribution in [-0.2, 0) is 4.79 Å². The SMILES string of the molecule is Cc1cc(NC(=O)C2CCN(c3c(F)cc(C#N)cc3F)CC2)no1. The van der Waals surface area contributed by atoms with Gasteiger partial charge in [-0.3, -0.25) is 4.79 Å². The highest BCUT2D eigenvalue weighted by molar-refractivity contribution is 5.91. The van der Waals surface area contributed by atoms with Crippen molar-refractivity contribution in [3.8, 4) is 6.07 Å². The topological polar surface area (TPSA) is 82.2 Å². The molecule has 1 aromatic heterocycles. The Bertz CT molecular complexity index is 812. The first-order chi connectivity index (χ1) is 12.0. The van der Waals surface area contributed by atoms with Gasteiger partial charge in [0.05, 0.1) is 11.6 Å². The van der Waals surface area contributed by atoms with Crippen molar-refractivity contribution in [2.24, 2.45) is 5.92 Å². The number of rotatable bonds is 3. The van der Waals surface area contributed by atoms with E-state index in [1.165, 1.54) is 0 Å². The van der Waals surface area contributed by atoms with Crippen molar-refractivity contribution in [1.29, 1.82) is 5.26 Å². The molecule has 0 unspecified atom stereocenters. The van der Waals surface area contributed by atoms with Gasteiger partial charge >= 0.3 is 0 Å². The molecule has 0 spiro atoms. The summed E-state index contributed by atoms with van der Waals surface area (Å²) in [7, 11) is 0. The molecule has 1 fully saturated rings. The number of aryl methyl sites for hydroxylation is 1. The molecule has 25 heavy (non-hydrogen) atoms. The molecule has 1 aliphatic heterocycles. The van der Waals surface area contributed by atoms with Gasteiger partial charge in [-0.25, -0.2) is 8.78 Å². The van der Waals surface area contributed by atoms with Gasteiger partial charge in [0.15, 0.2) is 17.5 Å². The normalized spacial score (nSPS) is 15.0. The molecular weight excluding hydrogens is 330 g/mol. The second kappa shape index (κ2) is 6.89. The van der Waals surface area contributed by atoms with Gasteiger partial charge in [-0.15, -0.1) is 0 Å². The molecule has 1 N–H and O–H groups in total. The summed E-state index contributed by atoms with van der Waals surface area (Å²) in [5.74, 6) is -1.03. The number of benzene rings is 1. The number of anilines is 2. The van der Waals surface area contributed by atoms with Crippen LogP contribution < -0.4 is 10.2 Å². The average Bonchev–Trinajstić information content (AvgIpc) is 2.99. The van der Waals surface area contributed by atoms with E-state index in [4.69, 9.17) is 9.78 Å². The number of piperidine rings is 1. The lowest BCUT2D eigenvalue weighted by Crippen LogP contribution is -2.39. The van der Waals surface area contributed by atoms with E-state index in [1.807, 2.05) is 0 Å². The minimum atomic E-state index is -0.766. The second-order valence-electron chi connectivity index (χ2n) is 5.97. The van der Waals surface area contributed by atoms with Crippen molar-refractivity contribution in [3.63, 3.8) is 0 Å². The van der Waals surface area contributed by atoms with E-state index < -0.39 is 11.6 Å². The van der Waals surface area contributed by atoms with Crippen LogP contribution in [0.1, 0.15) is 24.2 Å². The maximum Gasteiger partial charge on any atom is 0.228 e. The highest BCUT2D eigenvalue weighted by Crippen LogP contribution is 2.29. The van der Waals surface area contributed by atoms with E-state index in [1.54, 1.807) is 24.0 Å². The second-order valence-corrected chi connectivity index (χ2v) is 5.97. The summed E-state index contributed by atoms with van der Waals surface area (Å²) in [4.78, 5) is 13.8. The van der Waals surface area contributed by atoms with Gasteiger partial charge < -0.3 is 14.7 Å². The summed E-state index contributed by atoms with van der Waals surface area (Å²) in [5, 5.41) is 15.1. The third-order valence-electron chi connectivity index (χ3n) is 4.21. The molecule has 130 valence electrons. The number of aromatic nitrogens is 1. The Balaban J connectivity index is 1.64. The van der Waals surface area contributed by atoms with Crippen LogP contribution in [0.25, 0.3) is 0 Å². The summed E-state index contributed by atoms with van der Waals surface area (Å²) in [6.07, 6.45) is 0.920. The number of nitrogens with one attached hydrogen (secondary N) is 1. The number of carbonyl (C=O) groups excluding carboxylic acids is 1. The fraction of sp³-hybridized carbons (Fsp3) is 0.353. The lowest BCUT2D eigenvalue weighted by Gasteiger charge is -2.33. The molecule has 1 aliphatic rings. The van der Waals surface area contributed by atoms with Gasteiger partial charge in [-0.05, 0) is 31.9 Å². The lowest BCUT2D eigenvalue weighted by atomic mass is 9.95. The lowest BCUT2D eigenvalue weighted by molar-refractivity contribution is -0.120. The maximum atomic E-state index is 14.1. The van der Waals surface area contributed by atoms with Gasteiger partial charge in [-0.2, -0.15) is 5.26 Å². The fourth-order valence-corrected chi connectivity index (χ4v) is 2.95. The summed E-state index contributed by atoms with van der Waals surface area (Å²) in [6.45, 7) is 2.41. The van der Waals surface area contributed by atoms with Crippen LogP contribution >= 0.6 is 0 Å². The van der Waals surface area contributed by atoms with E-state index >= 15 is 0 Å². The van der Waals surface area contributed by atoms with Gasteiger partial charge in [0.2, 0.25) is 5.91 Å². The first-order valence-electron chi connectivity index (χ1n) is 7.86. The number of hydrogen-bond donors (Lipinski definition) is 1. The molecule has 1 saturated heterocycles. The molecule has 0 bridgehead atoms. The van der Waals surface area contributed by atoms with Crippen LogP contribution in [0.5, 0.6) is 0 Å². The van der Waals surface area contributed by atoms with Crippen LogP contribution in [0.4, 0.5) is 20.3 Å². The molecule has 8 heteroatoms. The minimum Gasteiger partial charge on any atom is -0.367 e. The predicted molar refractivity (Wildman–Crippen MR) is 85.9 cm³/mol. The summed E-state index contributed by atoms with van der Waals surface area (Å²) < 4.78 is 33.1. The van der Waals surface area contributed by atoms with Crippen LogP contribution in [0, 0.1) is 35.8 Å². The van der Waals surface area contributed by atoms with Gasteiger partial charge in [0, 0.05) is 25.1 Å². The van der Waals surface area contributed by atoms with Crippen LogP contribution in [0.3, 0.4) is 0 Å². The quantitative estimate of drug-likeness (QED) is 0.924. The Morgan fingerprint density at radius 2 is 1.96 bits per heavy atom. The molecular formula is C17H16F2N4O2. The molecule has 2 aromatic rings. The monoisotopic (exact) mass is 346 g/mol. The number of nitriles is 1. The van der Waals surface area contributed by atoms with Crippen LogP contribution in [0.15, 0.2) is 22.7 Å². The largest absolute Gasteiger partial charge is 0.367 e. The van der Waals surface area contributed by atoms with Crippen molar-refractivity contribution in [2.75, 3.05) is 23.3 Å². The van der Waals surface area contributed by atoms with Crippen molar-refractivity contribution in [1.82, 2.24) is 5.16 Å². The maximum absolute atomic E-state index is 14.1. The van der Waals surface area contributed by atoms with E-state index in [2.05, 4.69) is 10.5 Å². The Hall–Kier alpha value is -2.95. The molecule has 0 saturated carbocycles. The summed E-state index contributed by atoms with van der Waals surface area (Å²) in [6, 6.07) is 5.38. The van der Waals surface area contributed by atoms with Crippen molar-refractivity contribution < 1.29 is 18.1 Å². The smallest absolute Gasteiger partial charge is 0.228 e. The van der Waals surface area contributed by atoms with E-state index in [9.17, 15) is 13.6 Å². The van der Waals surface area contributed by atoms with Crippen molar-refractivity contribution >= 4 is 17.4 Å². The van der Waals surface area contributed by atoms with E-state index in [0.717, 1.165) is 12.1 Å². The Labute approximate surface area is 143 Å². The zero-order chi connectivity index (χ0) is 18.0. The molecule has 3 rings (SSSR count). The van der Waals surface area contributed by atoms with E-state index in [0.29, 0.717) is 37.5 Å². The van der Waals surface area contributed by atoms with Gasteiger partial charge in [0.1, 0.15) is 11.4 Å². The molecule has 0 atom stereocenters. The number of nitrogens with zero attached hydrogens (tertiary/aromatic N) is 3. The molecule has 6 nitrogen and oxygen atoms in total. The predicted octanol–water partition coefficient (Wildman–Crippen LogP) is 2.99. The minimum absolute atomic E-state index is 0.0593. The third-order valence-corrected chi connectivity index (χ3v) is 4.21. The number of amides is 1. The standard InChI is InChI=1S/C17H16F2N4O2/c1-10-6-15(22-25-10)21-17(24)12-2-4-23(5-3-12)16-13(18)7-11(9-20)8-14(16)19/h6-8,12H,2-5H2,1H3,(H,21,22,24). The van der Waals surface area contributed by atoms with Gasteiger partial charge in [-0.1, -0.05) is 5.16 Å². The number of halogens is 2. The Kier molecular flexibility index (Phi) is 4.65. The molecule has 0 radical (unpaired) electrons. The molecule has 1 aromatic carbocycles. The highest BCUT2D eigenvalue weighted by atomic mass is 19.1. The summed E-state index contributed by atoms with van der Waals surface area (Å²) in [5.41, 5.74) is -0.207. The fourth-order valence-electron chi connectivity index (χ4n) is 2.95. The van der Waals surface area contributed by atoms with Crippen molar-refractivity contribution in [3.05, 3.63) is 41.2 Å². The Morgan fingerprint density at radius 1 is 1.32 bits per heavy atom. The zero-order valence-corrected chi connectivity index (χ0v) is 13.6. The van der Waals surface area contributed by atoms with E-state index in [-0.39, 0.29) is 23.1 Å². The Morgan fingerprint density at radius 3 is 2.48 bits per heavy atom. The van der Waals surface area contributed by atoms with Crippen LogP contribution in [0.2, 0.25) is 0 Å². The van der Waals surface area contributed by atoms with Gasteiger partial charge in [0.25, 0.3) is 0 Å². The molecule has 1 amide bonds. The first kappa shape index (κ1) is 16.9. The van der Waals surface area contributed by atoms with Crippen molar-refractivity contribution in [2.45, 2.75) is 19.8 Å². The first-order valence-corrected chi connectivity index (χ1v) is 7.86. The summed E-state index contributed by atoms with van der Waals surface area (Å²) >= 11 is 0. The number of carbonyl (C=O) groups is 1. The van der Waals surface area contributed by atoms with Crippen LogP contribution in [-0.4, -0.2) is 24.2 Å². The molecule has 0 aliphatic carbocycles. The highest BCUT2D eigenvalue weighted by Gasteiger charge is 2.28. The third kappa shape index (κ3) is 3.60. The zero-order valence-electron chi connectivity index (χ0n) is 13.6.